The molecule has 5 heteroatoms. The Morgan fingerprint density at radius 2 is 1.95 bits per heavy atom. The fourth-order valence-corrected chi connectivity index (χ4v) is 3.16. The summed E-state index contributed by atoms with van der Waals surface area (Å²) in [4.78, 5) is 0. The first-order chi connectivity index (χ1) is 10.0. The summed E-state index contributed by atoms with van der Waals surface area (Å²) in [6, 6.07) is 0. The van der Waals surface area contributed by atoms with Gasteiger partial charge in [0.2, 0.25) is 0 Å². The fourth-order valence-electron chi connectivity index (χ4n) is 2.73. The van der Waals surface area contributed by atoms with Crippen LogP contribution in [0.25, 0.3) is 0 Å². The molecule has 0 saturated heterocycles. The monoisotopic (exact) mass is 359 g/mol. The average molecular weight is 360 g/mol. The van der Waals surface area contributed by atoms with Crippen LogP contribution >= 0.6 is 15.9 Å². The molecule has 0 unspecified atom stereocenters. The first-order valence-electron chi connectivity index (χ1n) is 7.95. The number of methoxy groups -OCH3 is 1. The van der Waals surface area contributed by atoms with E-state index in [4.69, 9.17) is 4.74 Å². The minimum absolute atomic E-state index is 0.273. The van der Waals surface area contributed by atoms with Gasteiger partial charge in [-0.05, 0) is 54.5 Å². The Hall–Kier alpha value is -0.390. The van der Waals surface area contributed by atoms with Gasteiger partial charge in [0.15, 0.2) is 0 Å². The van der Waals surface area contributed by atoms with Crippen LogP contribution in [0.4, 0.5) is 0 Å². The largest absolute Gasteiger partial charge is 0.383 e. The van der Waals surface area contributed by atoms with Crippen LogP contribution in [-0.4, -0.2) is 36.6 Å². The van der Waals surface area contributed by atoms with Gasteiger partial charge in [0, 0.05) is 26.7 Å². The molecular formula is C16H30BrN3O. The zero-order valence-electron chi connectivity index (χ0n) is 14.1. The Morgan fingerprint density at radius 3 is 2.48 bits per heavy atom. The second-order valence-electron chi connectivity index (χ2n) is 5.72. The Bertz CT molecular complexity index is 427. The van der Waals surface area contributed by atoms with Crippen LogP contribution in [0.15, 0.2) is 4.47 Å². The highest BCUT2D eigenvalue weighted by Gasteiger charge is 2.29. The maximum absolute atomic E-state index is 5.12. The maximum Gasteiger partial charge on any atom is 0.0738 e. The second-order valence-corrected chi connectivity index (χ2v) is 6.51. The van der Waals surface area contributed by atoms with Crippen molar-refractivity contribution < 1.29 is 4.74 Å². The van der Waals surface area contributed by atoms with E-state index in [0.717, 1.165) is 51.2 Å². The normalized spacial score (nSPS) is 12.1. The van der Waals surface area contributed by atoms with Gasteiger partial charge in [-0.2, -0.15) is 5.10 Å². The molecule has 0 amide bonds. The van der Waals surface area contributed by atoms with E-state index in [9.17, 15) is 0 Å². The molecular weight excluding hydrogens is 330 g/mol. The number of aryl methyl sites for hydroxylation is 2. The van der Waals surface area contributed by atoms with Gasteiger partial charge in [-0.15, -0.1) is 0 Å². The van der Waals surface area contributed by atoms with Gasteiger partial charge >= 0.3 is 0 Å². The van der Waals surface area contributed by atoms with Gasteiger partial charge in [-0.3, -0.25) is 4.68 Å². The number of nitrogens with one attached hydrogen (secondary N) is 1. The third-order valence-corrected chi connectivity index (χ3v) is 5.51. The van der Waals surface area contributed by atoms with Gasteiger partial charge in [0.25, 0.3) is 0 Å². The molecule has 4 nitrogen and oxygen atoms in total. The lowest BCUT2D eigenvalue weighted by Crippen LogP contribution is -2.37. The van der Waals surface area contributed by atoms with Crippen LogP contribution in [0.1, 0.15) is 45.0 Å². The zero-order chi connectivity index (χ0) is 15.9. The Labute approximate surface area is 137 Å². The quantitative estimate of drug-likeness (QED) is 0.649. The highest BCUT2D eigenvalue weighted by atomic mass is 79.9. The van der Waals surface area contributed by atoms with E-state index >= 15 is 0 Å². The number of halogens is 1. The molecule has 1 heterocycles. The maximum atomic E-state index is 5.12. The van der Waals surface area contributed by atoms with Crippen molar-refractivity contribution in [1.82, 2.24) is 15.1 Å². The van der Waals surface area contributed by atoms with E-state index in [-0.39, 0.29) is 5.41 Å². The molecule has 1 aromatic heterocycles. The summed E-state index contributed by atoms with van der Waals surface area (Å²) in [6.07, 6.45) is 3.36. The second kappa shape index (κ2) is 8.91. The molecule has 0 spiro atoms. The van der Waals surface area contributed by atoms with Crippen molar-refractivity contribution in [2.45, 2.75) is 53.5 Å². The molecule has 0 atom stereocenters. The van der Waals surface area contributed by atoms with Crippen LogP contribution < -0.4 is 5.32 Å². The first kappa shape index (κ1) is 18.7. The molecule has 21 heavy (non-hydrogen) atoms. The van der Waals surface area contributed by atoms with E-state index in [1.54, 1.807) is 7.11 Å². The first-order valence-corrected chi connectivity index (χ1v) is 8.74. The topological polar surface area (TPSA) is 39.1 Å². The Balaban J connectivity index is 2.86. The standard InChI is InChI=1S/C16H30BrN3O/c1-6-16(7-2,12-18-9-10-21-5)11-14-15(17)13(4)19-20(14)8-3/h18H,6-12H2,1-5H3. The molecule has 0 fully saturated rings. The fraction of sp³-hybridized carbons (Fsp3) is 0.812. The Morgan fingerprint density at radius 1 is 1.29 bits per heavy atom. The van der Waals surface area contributed by atoms with E-state index in [1.807, 2.05) is 0 Å². The predicted molar refractivity (Wildman–Crippen MR) is 91.8 cm³/mol. The van der Waals surface area contributed by atoms with Gasteiger partial charge in [0.05, 0.1) is 22.5 Å². The van der Waals surface area contributed by atoms with Crippen LogP contribution in [-0.2, 0) is 17.7 Å². The minimum atomic E-state index is 0.273. The van der Waals surface area contributed by atoms with Gasteiger partial charge in [0.1, 0.15) is 0 Å². The van der Waals surface area contributed by atoms with E-state index in [2.05, 4.69) is 58.7 Å². The van der Waals surface area contributed by atoms with Crippen molar-refractivity contribution in [3.8, 4) is 0 Å². The lowest BCUT2D eigenvalue weighted by molar-refractivity contribution is 0.184. The molecule has 122 valence electrons. The summed E-state index contributed by atoms with van der Waals surface area (Å²) in [5.74, 6) is 0. The molecule has 0 radical (unpaired) electrons. The molecule has 1 rings (SSSR count). The Kier molecular flexibility index (Phi) is 7.92. The summed E-state index contributed by atoms with van der Waals surface area (Å²) in [5.41, 5.74) is 2.68. The third kappa shape index (κ3) is 4.80. The van der Waals surface area contributed by atoms with Crippen LogP contribution in [0.2, 0.25) is 0 Å². The number of nitrogens with zero attached hydrogens (tertiary/aromatic N) is 2. The average Bonchev–Trinajstić information content (AvgIpc) is 2.77. The molecule has 0 bridgehead atoms. The lowest BCUT2D eigenvalue weighted by atomic mass is 9.78. The highest BCUT2D eigenvalue weighted by molar-refractivity contribution is 9.10. The van der Waals surface area contributed by atoms with Gasteiger partial charge < -0.3 is 10.1 Å². The van der Waals surface area contributed by atoms with Gasteiger partial charge in [-0.25, -0.2) is 0 Å². The number of rotatable bonds is 10. The summed E-state index contributed by atoms with van der Waals surface area (Å²) >= 11 is 3.72. The van der Waals surface area contributed by atoms with E-state index in [1.165, 1.54) is 10.2 Å². The van der Waals surface area contributed by atoms with Crippen LogP contribution in [0.5, 0.6) is 0 Å². The molecule has 0 aliphatic carbocycles. The third-order valence-electron chi connectivity index (χ3n) is 4.48. The molecule has 1 N–H and O–H groups in total. The molecule has 1 aromatic rings. The van der Waals surface area contributed by atoms with Crippen molar-refractivity contribution in [3.05, 3.63) is 15.9 Å². The van der Waals surface area contributed by atoms with Crippen molar-refractivity contribution >= 4 is 15.9 Å². The smallest absolute Gasteiger partial charge is 0.0738 e. The van der Waals surface area contributed by atoms with Gasteiger partial charge in [-0.1, -0.05) is 13.8 Å². The highest BCUT2D eigenvalue weighted by Crippen LogP contribution is 2.34. The van der Waals surface area contributed by atoms with E-state index in [0.29, 0.717) is 0 Å². The van der Waals surface area contributed by atoms with Crippen molar-refractivity contribution in [2.24, 2.45) is 5.41 Å². The molecule has 0 aliphatic rings. The van der Waals surface area contributed by atoms with Crippen molar-refractivity contribution in [3.63, 3.8) is 0 Å². The SMILES string of the molecule is CCn1nc(C)c(Br)c1CC(CC)(CC)CNCCOC. The minimum Gasteiger partial charge on any atom is -0.383 e. The lowest BCUT2D eigenvalue weighted by Gasteiger charge is -2.32. The number of hydrogen-bond acceptors (Lipinski definition) is 3. The predicted octanol–water partition coefficient (Wildman–Crippen LogP) is 3.56. The van der Waals surface area contributed by atoms with Crippen molar-refractivity contribution in [1.29, 1.82) is 0 Å². The summed E-state index contributed by atoms with van der Waals surface area (Å²) < 4.78 is 8.42. The van der Waals surface area contributed by atoms with E-state index < -0.39 is 0 Å². The summed E-state index contributed by atoms with van der Waals surface area (Å²) in [5, 5.41) is 8.16. The molecule has 0 saturated carbocycles. The zero-order valence-corrected chi connectivity index (χ0v) is 15.7. The van der Waals surface area contributed by atoms with Crippen LogP contribution in [0, 0.1) is 12.3 Å². The number of ether oxygens (including phenoxy) is 1. The summed E-state index contributed by atoms with van der Waals surface area (Å²) in [6.45, 7) is 12.4. The number of hydrogen-bond donors (Lipinski definition) is 1. The number of aromatic nitrogens is 2. The molecule has 0 aliphatic heterocycles. The summed E-state index contributed by atoms with van der Waals surface area (Å²) in [7, 11) is 1.74. The molecule has 0 aromatic carbocycles. The van der Waals surface area contributed by atoms with Crippen molar-refractivity contribution in [2.75, 3.05) is 26.8 Å². The van der Waals surface area contributed by atoms with Crippen LogP contribution in [0.3, 0.4) is 0 Å².